The van der Waals surface area contributed by atoms with E-state index < -0.39 is 47.1 Å². The van der Waals surface area contributed by atoms with Gasteiger partial charge in [0.2, 0.25) is 0 Å². The first-order valence-electron chi connectivity index (χ1n) is 18.3. The maximum atomic E-state index is 14.0. The standard InChI is InChI=1S/C42H46N4O10/c1-11-22-19(2)26-16-27-20(3)23(13-15-32(47)52-6)36(45-27)34(40(50)55-9)37-33(39(49)54-8)21(4)28(46-37)17-30-25-14-12-24(38(48)53-7)35(41(51)56-10)42(25,5)31(44-30)18-29(22)43-26/h12,14,16-18,20,23,35,43,46H,11,13,15H2,1-10H3/t20-,23-,35?,42?/m0/s1. The Morgan fingerprint density at radius 3 is 2.05 bits per heavy atom. The number of nitrogens with zero attached hydrogens (tertiary/aromatic N) is 2. The van der Waals surface area contributed by atoms with E-state index in [0.29, 0.717) is 52.3 Å². The van der Waals surface area contributed by atoms with E-state index in [1.165, 1.54) is 35.5 Å². The molecule has 0 saturated carbocycles. The summed E-state index contributed by atoms with van der Waals surface area (Å²) in [5.41, 5.74) is 5.87. The minimum Gasteiger partial charge on any atom is -0.469 e. The number of hydrogen-bond donors (Lipinski definition) is 2. The molecule has 0 saturated heterocycles. The van der Waals surface area contributed by atoms with Crippen molar-refractivity contribution in [2.24, 2.45) is 5.92 Å². The maximum Gasteiger partial charge on any atom is 0.341 e. The van der Waals surface area contributed by atoms with Gasteiger partial charge in [-0.3, -0.25) is 19.6 Å². The number of esters is 5. The molecule has 14 nitrogen and oxygen atoms in total. The van der Waals surface area contributed by atoms with E-state index in [0.717, 1.165) is 22.2 Å². The monoisotopic (exact) mass is 766 g/mol. The highest BCUT2D eigenvalue weighted by atomic mass is 16.5. The van der Waals surface area contributed by atoms with E-state index in [9.17, 15) is 24.0 Å². The number of allylic oxidation sites excluding steroid dienone is 3. The van der Waals surface area contributed by atoms with Crippen molar-refractivity contribution in [3.8, 4) is 0 Å². The lowest BCUT2D eigenvalue weighted by molar-refractivity contribution is -0.149. The summed E-state index contributed by atoms with van der Waals surface area (Å²) in [7, 11) is 6.33. The van der Waals surface area contributed by atoms with E-state index in [-0.39, 0.29) is 34.6 Å². The third kappa shape index (κ3) is 6.26. The van der Waals surface area contributed by atoms with Gasteiger partial charge in [0.15, 0.2) is 0 Å². The van der Waals surface area contributed by atoms with Crippen LogP contribution in [-0.4, -0.2) is 85.3 Å². The Hall–Kier alpha value is -6.05. The molecule has 0 fully saturated rings. The number of carbonyl (C=O) groups excluding carboxylic acids is 5. The van der Waals surface area contributed by atoms with Crippen molar-refractivity contribution in [3.63, 3.8) is 0 Å². The number of methoxy groups -OCH3 is 5. The van der Waals surface area contributed by atoms with Crippen molar-refractivity contribution < 1.29 is 47.7 Å². The van der Waals surface area contributed by atoms with E-state index in [1.807, 2.05) is 39.8 Å². The van der Waals surface area contributed by atoms with Gasteiger partial charge < -0.3 is 33.7 Å². The van der Waals surface area contributed by atoms with Crippen molar-refractivity contribution in [2.45, 2.75) is 71.1 Å². The molecule has 3 aromatic rings. The second kappa shape index (κ2) is 15.2. The second-order valence-corrected chi connectivity index (χ2v) is 14.3. The van der Waals surface area contributed by atoms with Gasteiger partial charge in [-0.05, 0) is 74.1 Å². The molecule has 0 spiro atoms. The highest BCUT2D eigenvalue weighted by molar-refractivity contribution is 6.09. The number of fused-ring (bicyclic) bond motifs is 11. The Morgan fingerprint density at radius 2 is 1.43 bits per heavy atom. The summed E-state index contributed by atoms with van der Waals surface area (Å²) in [4.78, 5) is 84.1. The summed E-state index contributed by atoms with van der Waals surface area (Å²) < 4.78 is 26.0. The fourth-order valence-electron chi connectivity index (χ4n) is 8.42. The van der Waals surface area contributed by atoms with Gasteiger partial charge in [0.1, 0.15) is 11.5 Å². The van der Waals surface area contributed by atoms with Crippen LogP contribution >= 0.6 is 0 Å². The van der Waals surface area contributed by atoms with Crippen molar-refractivity contribution in [1.82, 2.24) is 19.9 Å². The van der Waals surface area contributed by atoms with Gasteiger partial charge in [-0.25, -0.2) is 14.4 Å². The fraction of sp³-hybridized carbons (Fsp3) is 0.405. The lowest BCUT2D eigenvalue weighted by Crippen LogP contribution is -2.42. The first-order valence-corrected chi connectivity index (χ1v) is 18.3. The Kier molecular flexibility index (Phi) is 10.8. The average Bonchev–Trinajstić information content (AvgIpc) is 3.87. The van der Waals surface area contributed by atoms with Crippen molar-refractivity contribution in [2.75, 3.05) is 35.5 Å². The van der Waals surface area contributed by atoms with Crippen LogP contribution in [0.1, 0.15) is 106 Å². The van der Waals surface area contributed by atoms with Crippen LogP contribution in [-0.2, 0) is 49.9 Å². The Bertz CT molecular complexity index is 2420. The van der Waals surface area contributed by atoms with Crippen molar-refractivity contribution in [3.05, 3.63) is 86.5 Å². The third-order valence-corrected chi connectivity index (χ3v) is 11.6. The zero-order valence-corrected chi connectivity index (χ0v) is 33.2. The molecule has 5 heterocycles. The highest BCUT2D eigenvalue weighted by Crippen LogP contribution is 2.52. The van der Waals surface area contributed by atoms with E-state index >= 15 is 0 Å². The second-order valence-electron chi connectivity index (χ2n) is 14.3. The number of rotatable bonds is 8. The smallest absolute Gasteiger partial charge is 0.341 e. The number of ether oxygens (including phenoxy) is 5. The van der Waals surface area contributed by atoms with Crippen LogP contribution in [0.5, 0.6) is 0 Å². The van der Waals surface area contributed by atoms with Gasteiger partial charge in [-0.2, -0.15) is 0 Å². The molecule has 2 N–H and O–H groups in total. The van der Waals surface area contributed by atoms with Gasteiger partial charge in [-0.1, -0.05) is 26.0 Å². The number of aromatic amines is 2. The molecule has 0 amide bonds. The largest absolute Gasteiger partial charge is 0.469 e. The molecular weight excluding hydrogens is 720 g/mol. The van der Waals surface area contributed by atoms with Gasteiger partial charge in [0, 0.05) is 40.5 Å². The number of nitrogens with one attached hydrogen (secondary N) is 2. The minimum atomic E-state index is -1.22. The summed E-state index contributed by atoms with van der Waals surface area (Å²) in [5, 5.41) is 0. The molecule has 6 rings (SSSR count). The molecule has 3 aliphatic rings. The normalized spacial score (nSPS) is 19.9. The fourth-order valence-corrected chi connectivity index (χ4v) is 8.42. The molecule has 2 aliphatic heterocycles. The average molecular weight is 767 g/mol. The van der Waals surface area contributed by atoms with E-state index in [2.05, 4.69) is 9.97 Å². The summed E-state index contributed by atoms with van der Waals surface area (Å²) in [5.74, 6) is -5.09. The molecule has 56 heavy (non-hydrogen) atoms. The number of carbonyl (C=O) groups is 5. The van der Waals surface area contributed by atoms with Crippen molar-refractivity contribution >= 4 is 57.5 Å². The predicted octanol–water partition coefficient (Wildman–Crippen LogP) is 6.15. The number of aromatic nitrogens is 4. The van der Waals surface area contributed by atoms with Crippen LogP contribution < -0.4 is 0 Å². The van der Waals surface area contributed by atoms with Crippen LogP contribution in [0.3, 0.4) is 0 Å². The minimum absolute atomic E-state index is 0.0121. The summed E-state index contributed by atoms with van der Waals surface area (Å²) in [6, 6.07) is 5.55. The van der Waals surface area contributed by atoms with Crippen LogP contribution in [0.4, 0.5) is 0 Å². The number of hydrogen-bond acceptors (Lipinski definition) is 12. The van der Waals surface area contributed by atoms with Crippen LogP contribution in [0.15, 0.2) is 35.9 Å². The molecule has 1 aliphatic carbocycles. The van der Waals surface area contributed by atoms with Crippen LogP contribution in [0.2, 0.25) is 0 Å². The zero-order chi connectivity index (χ0) is 40.8. The summed E-state index contributed by atoms with van der Waals surface area (Å²) >= 11 is 0. The first kappa shape index (κ1) is 39.6. The van der Waals surface area contributed by atoms with Crippen molar-refractivity contribution in [1.29, 1.82) is 0 Å². The molecule has 3 aromatic heterocycles. The Morgan fingerprint density at radius 1 is 0.768 bits per heavy atom. The highest BCUT2D eigenvalue weighted by Gasteiger charge is 2.53. The molecule has 8 bridgehead atoms. The maximum absolute atomic E-state index is 14.0. The van der Waals surface area contributed by atoms with Gasteiger partial charge in [0.25, 0.3) is 0 Å². The molecule has 0 aromatic carbocycles. The van der Waals surface area contributed by atoms with Gasteiger partial charge in [-0.15, -0.1) is 0 Å². The lowest BCUT2D eigenvalue weighted by atomic mass is 9.64. The molecule has 0 radical (unpaired) electrons. The zero-order valence-electron chi connectivity index (χ0n) is 33.2. The number of aryl methyl sites for hydroxylation is 3. The topological polar surface area (TPSA) is 189 Å². The molecule has 2 unspecified atom stereocenters. The molecular formula is C42H46N4O10. The molecule has 14 heteroatoms. The summed E-state index contributed by atoms with van der Waals surface area (Å²) in [6.45, 7) is 9.56. The Balaban J connectivity index is 1.85. The lowest BCUT2D eigenvalue weighted by Gasteiger charge is -2.36. The van der Waals surface area contributed by atoms with Gasteiger partial charge in [0.05, 0.1) is 74.7 Å². The predicted molar refractivity (Wildman–Crippen MR) is 206 cm³/mol. The van der Waals surface area contributed by atoms with Crippen LogP contribution in [0, 0.1) is 19.8 Å². The SMILES string of the molecule is CCc1c(C)c2cc3nc(c(C(=O)OC)c4[nH]c(cc5nc(cc1[nH]2)C1(C)C5=CC=C(C(=O)OC)C1C(=O)OC)c(C)c4C(=O)OC)[C@@H](CCC(=O)OC)[C@@H]3C. The number of H-pyrrole nitrogens is 2. The van der Waals surface area contributed by atoms with Gasteiger partial charge >= 0.3 is 29.8 Å². The van der Waals surface area contributed by atoms with E-state index in [4.69, 9.17) is 33.7 Å². The third-order valence-electron chi connectivity index (χ3n) is 11.6. The molecule has 4 atom stereocenters. The van der Waals surface area contributed by atoms with E-state index in [1.54, 1.807) is 25.1 Å². The first-order chi connectivity index (χ1) is 26.7. The molecule has 294 valence electrons. The Labute approximate surface area is 323 Å². The summed E-state index contributed by atoms with van der Waals surface area (Å²) in [6.07, 6.45) is 4.28. The quantitative estimate of drug-likeness (QED) is 0.197. The van der Waals surface area contributed by atoms with Crippen LogP contribution in [0.25, 0.3) is 27.6 Å².